The number of hydrogen-bond acceptors (Lipinski definition) is 2. The lowest BCUT2D eigenvalue weighted by atomic mass is 10.0. The molecule has 2 N–H and O–H groups in total. The molecule has 0 aliphatic heterocycles. The molecule has 0 saturated carbocycles. The normalized spacial score (nSPS) is 14.2. The van der Waals surface area contributed by atoms with Crippen LogP contribution in [0.1, 0.15) is 31.9 Å². The van der Waals surface area contributed by atoms with Gasteiger partial charge in [-0.25, -0.2) is 0 Å². The van der Waals surface area contributed by atoms with Gasteiger partial charge in [-0.2, -0.15) is 0 Å². The largest absolute Gasteiger partial charge is 0.337 e. The molecule has 2 atom stereocenters. The Bertz CT molecular complexity index is 335. The Morgan fingerprint density at radius 1 is 1.38 bits per heavy atom. The predicted molar refractivity (Wildman–Crippen MR) is 65.9 cm³/mol. The van der Waals surface area contributed by atoms with Crippen LogP contribution in [0.3, 0.4) is 0 Å². The lowest BCUT2D eigenvalue weighted by molar-refractivity contribution is -0.133. The summed E-state index contributed by atoms with van der Waals surface area (Å²) >= 11 is 0. The van der Waals surface area contributed by atoms with E-state index in [1.807, 2.05) is 37.4 Å². The molecule has 16 heavy (non-hydrogen) atoms. The van der Waals surface area contributed by atoms with Crippen LogP contribution in [0.2, 0.25) is 0 Å². The second kappa shape index (κ2) is 5.66. The monoisotopic (exact) mass is 220 g/mol. The fraction of sp³-hybridized carbons (Fsp3) is 0.462. The van der Waals surface area contributed by atoms with Crippen LogP contribution in [0, 0.1) is 0 Å². The van der Waals surface area contributed by atoms with E-state index in [2.05, 4.69) is 6.92 Å². The Morgan fingerprint density at radius 3 is 2.38 bits per heavy atom. The molecule has 1 unspecified atom stereocenters. The number of amides is 1. The predicted octanol–water partition coefficient (Wildman–Crippen LogP) is 1.94. The van der Waals surface area contributed by atoms with Crippen molar-refractivity contribution in [2.45, 2.75) is 32.4 Å². The van der Waals surface area contributed by atoms with Crippen LogP contribution < -0.4 is 5.73 Å². The van der Waals surface area contributed by atoms with E-state index in [1.54, 1.807) is 11.8 Å². The second-order valence-corrected chi connectivity index (χ2v) is 4.07. The molecule has 0 bridgehead atoms. The first-order chi connectivity index (χ1) is 7.57. The average molecular weight is 220 g/mol. The summed E-state index contributed by atoms with van der Waals surface area (Å²) in [5.74, 6) is -0.0179. The van der Waals surface area contributed by atoms with Crippen LogP contribution >= 0.6 is 0 Å². The van der Waals surface area contributed by atoms with Gasteiger partial charge in [0.2, 0.25) is 5.91 Å². The Balaban J connectivity index is 2.87. The molecular weight excluding hydrogens is 200 g/mol. The summed E-state index contributed by atoms with van der Waals surface area (Å²) in [6, 6.07) is 9.70. The maximum absolute atomic E-state index is 11.8. The summed E-state index contributed by atoms with van der Waals surface area (Å²) in [5.41, 5.74) is 6.77. The molecule has 1 aromatic carbocycles. The first-order valence-electron chi connectivity index (χ1n) is 5.65. The Labute approximate surface area is 97.2 Å². The summed E-state index contributed by atoms with van der Waals surface area (Å²) in [4.78, 5) is 13.6. The van der Waals surface area contributed by atoms with Crippen LogP contribution in [-0.4, -0.2) is 23.9 Å². The number of likely N-dealkylation sites (N-methyl/N-ethyl adjacent to an activating group) is 1. The molecule has 0 aromatic heterocycles. The number of carbonyl (C=O) groups is 1. The van der Waals surface area contributed by atoms with Crippen LogP contribution in [0.15, 0.2) is 30.3 Å². The van der Waals surface area contributed by atoms with Gasteiger partial charge in [-0.15, -0.1) is 0 Å². The number of benzene rings is 1. The Morgan fingerprint density at radius 2 is 1.94 bits per heavy atom. The van der Waals surface area contributed by atoms with Crippen molar-refractivity contribution in [1.29, 1.82) is 0 Å². The molecule has 3 nitrogen and oxygen atoms in total. The molecule has 1 aromatic rings. The average Bonchev–Trinajstić information content (AvgIpc) is 2.30. The molecule has 88 valence electrons. The zero-order valence-electron chi connectivity index (χ0n) is 10.2. The third kappa shape index (κ3) is 2.83. The van der Waals surface area contributed by atoms with E-state index in [0.29, 0.717) is 0 Å². The van der Waals surface area contributed by atoms with Gasteiger partial charge in [0.25, 0.3) is 0 Å². The highest BCUT2D eigenvalue weighted by Gasteiger charge is 2.21. The third-order valence-corrected chi connectivity index (χ3v) is 2.78. The zero-order chi connectivity index (χ0) is 12.1. The lowest BCUT2D eigenvalue weighted by Gasteiger charge is -2.29. The van der Waals surface area contributed by atoms with Gasteiger partial charge in [0, 0.05) is 7.05 Å². The highest BCUT2D eigenvalue weighted by Crippen LogP contribution is 2.22. The molecule has 0 aliphatic carbocycles. The summed E-state index contributed by atoms with van der Waals surface area (Å²) in [7, 11) is 1.81. The first kappa shape index (κ1) is 12.7. The second-order valence-electron chi connectivity index (χ2n) is 4.07. The van der Waals surface area contributed by atoms with Gasteiger partial charge >= 0.3 is 0 Å². The van der Waals surface area contributed by atoms with Crippen molar-refractivity contribution < 1.29 is 4.79 Å². The Kier molecular flexibility index (Phi) is 4.50. The molecule has 1 rings (SSSR count). The van der Waals surface area contributed by atoms with Crippen molar-refractivity contribution in [3.05, 3.63) is 35.9 Å². The van der Waals surface area contributed by atoms with Gasteiger partial charge in [-0.3, -0.25) is 4.79 Å². The van der Waals surface area contributed by atoms with Crippen molar-refractivity contribution in [3.8, 4) is 0 Å². The Hall–Kier alpha value is -1.35. The number of rotatable bonds is 4. The molecule has 3 heteroatoms. The summed E-state index contributed by atoms with van der Waals surface area (Å²) < 4.78 is 0. The van der Waals surface area contributed by atoms with Crippen molar-refractivity contribution >= 4 is 5.91 Å². The maximum atomic E-state index is 11.8. The molecule has 0 aliphatic rings. The van der Waals surface area contributed by atoms with E-state index in [1.165, 1.54) is 0 Å². The minimum atomic E-state index is -0.442. The van der Waals surface area contributed by atoms with Crippen LogP contribution in [0.25, 0.3) is 0 Å². The van der Waals surface area contributed by atoms with E-state index in [0.717, 1.165) is 12.0 Å². The number of nitrogens with two attached hydrogens (primary N) is 1. The highest BCUT2D eigenvalue weighted by molar-refractivity contribution is 5.81. The molecule has 0 radical (unpaired) electrons. The summed E-state index contributed by atoms with van der Waals surface area (Å²) in [6.07, 6.45) is 0.888. The van der Waals surface area contributed by atoms with Crippen molar-refractivity contribution in [1.82, 2.24) is 4.90 Å². The third-order valence-electron chi connectivity index (χ3n) is 2.78. The minimum Gasteiger partial charge on any atom is -0.337 e. The SMILES string of the molecule is CCC(c1ccccc1)N(C)C(=O)[C@H](C)N. The van der Waals surface area contributed by atoms with Crippen molar-refractivity contribution in [2.24, 2.45) is 5.73 Å². The summed E-state index contributed by atoms with van der Waals surface area (Å²) in [5, 5.41) is 0. The van der Waals surface area contributed by atoms with Gasteiger partial charge in [0.1, 0.15) is 0 Å². The first-order valence-corrected chi connectivity index (χ1v) is 5.65. The van der Waals surface area contributed by atoms with E-state index in [4.69, 9.17) is 5.73 Å². The smallest absolute Gasteiger partial charge is 0.239 e. The molecule has 0 heterocycles. The van der Waals surface area contributed by atoms with Crippen LogP contribution in [0.5, 0.6) is 0 Å². The number of carbonyl (C=O) groups excluding carboxylic acids is 1. The van der Waals surface area contributed by atoms with Crippen LogP contribution in [-0.2, 0) is 4.79 Å². The highest BCUT2D eigenvalue weighted by atomic mass is 16.2. The van der Waals surface area contributed by atoms with Crippen molar-refractivity contribution in [2.75, 3.05) is 7.05 Å². The van der Waals surface area contributed by atoms with E-state index in [-0.39, 0.29) is 11.9 Å². The molecule has 0 fully saturated rings. The van der Waals surface area contributed by atoms with Crippen LogP contribution in [0.4, 0.5) is 0 Å². The standard InChI is InChI=1S/C13H20N2O/c1-4-12(11-8-6-5-7-9-11)15(3)13(16)10(2)14/h5-10,12H,4,14H2,1-3H3/t10-,12?/m0/s1. The lowest BCUT2D eigenvalue weighted by Crippen LogP contribution is -2.41. The van der Waals surface area contributed by atoms with E-state index in [9.17, 15) is 4.79 Å². The van der Waals surface area contributed by atoms with Gasteiger partial charge in [0.05, 0.1) is 12.1 Å². The zero-order valence-corrected chi connectivity index (χ0v) is 10.2. The number of hydrogen-bond donors (Lipinski definition) is 1. The van der Waals surface area contributed by atoms with Gasteiger partial charge in [-0.05, 0) is 18.9 Å². The maximum Gasteiger partial charge on any atom is 0.239 e. The fourth-order valence-corrected chi connectivity index (χ4v) is 1.88. The van der Waals surface area contributed by atoms with Gasteiger partial charge < -0.3 is 10.6 Å². The fourth-order valence-electron chi connectivity index (χ4n) is 1.88. The molecule has 0 saturated heterocycles. The van der Waals surface area contributed by atoms with Crippen molar-refractivity contribution in [3.63, 3.8) is 0 Å². The van der Waals surface area contributed by atoms with E-state index >= 15 is 0 Å². The quantitative estimate of drug-likeness (QED) is 0.843. The van der Waals surface area contributed by atoms with Gasteiger partial charge in [0.15, 0.2) is 0 Å². The topological polar surface area (TPSA) is 46.3 Å². The summed E-state index contributed by atoms with van der Waals surface area (Å²) in [6.45, 7) is 3.79. The number of nitrogens with zero attached hydrogens (tertiary/aromatic N) is 1. The van der Waals surface area contributed by atoms with Gasteiger partial charge in [-0.1, -0.05) is 37.3 Å². The molecular formula is C13H20N2O. The van der Waals surface area contributed by atoms with E-state index < -0.39 is 6.04 Å². The molecule has 0 spiro atoms. The minimum absolute atomic E-state index is 0.0179. The molecule has 1 amide bonds.